The van der Waals surface area contributed by atoms with Gasteiger partial charge in [-0.3, -0.25) is 4.79 Å². The molecule has 0 saturated carbocycles. The second-order valence-corrected chi connectivity index (χ2v) is 6.81. The van der Waals surface area contributed by atoms with Gasteiger partial charge in [0, 0.05) is 5.56 Å². The third-order valence-corrected chi connectivity index (χ3v) is 4.67. The molecule has 3 rings (SSSR count). The number of thiophene rings is 1. The number of rotatable bonds is 7. The van der Waals surface area contributed by atoms with Crippen molar-refractivity contribution in [1.29, 1.82) is 0 Å². The van der Waals surface area contributed by atoms with Crippen molar-refractivity contribution in [2.45, 2.75) is 20.1 Å². The zero-order valence-corrected chi connectivity index (χ0v) is 15.6. The van der Waals surface area contributed by atoms with Crippen LogP contribution in [0.3, 0.4) is 0 Å². The van der Waals surface area contributed by atoms with Crippen molar-refractivity contribution in [3.05, 3.63) is 75.7 Å². The minimum absolute atomic E-state index is 0.106. The number of ether oxygens (including phenoxy) is 2. The molecule has 1 aromatic heterocycles. The van der Waals surface area contributed by atoms with E-state index in [1.807, 2.05) is 0 Å². The van der Waals surface area contributed by atoms with Crippen LogP contribution in [0.5, 0.6) is 11.5 Å². The Morgan fingerprint density at radius 2 is 1.89 bits per heavy atom. The van der Waals surface area contributed by atoms with E-state index in [9.17, 15) is 18.0 Å². The second kappa shape index (κ2) is 8.79. The normalized spacial score (nSPS) is 10.8. The molecule has 1 heterocycles. The first-order valence-corrected chi connectivity index (χ1v) is 9.11. The smallest absolute Gasteiger partial charge is 0.387 e. The maximum Gasteiger partial charge on any atom is 0.387 e. The predicted molar refractivity (Wildman–Crippen MR) is 101 cm³/mol. The van der Waals surface area contributed by atoms with Gasteiger partial charge in [0.1, 0.15) is 23.9 Å². The van der Waals surface area contributed by atoms with Crippen molar-refractivity contribution >= 4 is 22.9 Å². The van der Waals surface area contributed by atoms with E-state index in [1.54, 1.807) is 30.5 Å². The fraction of sp³-hybridized carbons (Fsp3) is 0.150. The monoisotopic (exact) mass is 407 g/mol. The first kappa shape index (κ1) is 19.8. The van der Waals surface area contributed by atoms with E-state index in [4.69, 9.17) is 4.74 Å². The van der Waals surface area contributed by atoms with Crippen LogP contribution in [0.1, 0.15) is 20.8 Å². The molecule has 1 amide bonds. The summed E-state index contributed by atoms with van der Waals surface area (Å²) in [7, 11) is 0. The van der Waals surface area contributed by atoms with Gasteiger partial charge in [0.15, 0.2) is 0 Å². The van der Waals surface area contributed by atoms with E-state index in [1.165, 1.54) is 41.7 Å². The standard InChI is InChI=1S/C20H16F3NO3S/c1-12-2-7-17(27-20(22)23)16(8-12)24-19(25)18-9-13(11-28-18)10-26-15-5-3-14(21)4-6-15/h2-9,11,20H,10H2,1H3,(H,24,25). The Kier molecular flexibility index (Phi) is 6.20. The number of anilines is 1. The lowest BCUT2D eigenvalue weighted by atomic mass is 10.2. The lowest BCUT2D eigenvalue weighted by Gasteiger charge is -2.12. The molecular formula is C20H16F3NO3S. The van der Waals surface area contributed by atoms with E-state index < -0.39 is 12.5 Å². The minimum Gasteiger partial charge on any atom is -0.489 e. The summed E-state index contributed by atoms with van der Waals surface area (Å²) in [4.78, 5) is 12.9. The van der Waals surface area contributed by atoms with Gasteiger partial charge < -0.3 is 14.8 Å². The largest absolute Gasteiger partial charge is 0.489 e. The molecule has 0 fully saturated rings. The summed E-state index contributed by atoms with van der Waals surface area (Å²) in [5.74, 6) is -0.395. The van der Waals surface area contributed by atoms with Crippen LogP contribution in [-0.2, 0) is 6.61 Å². The molecule has 0 aliphatic rings. The number of hydrogen-bond acceptors (Lipinski definition) is 4. The molecule has 0 radical (unpaired) electrons. The number of carbonyl (C=O) groups excluding carboxylic acids is 1. The third-order valence-electron chi connectivity index (χ3n) is 3.70. The van der Waals surface area contributed by atoms with Gasteiger partial charge in [0.25, 0.3) is 5.91 Å². The summed E-state index contributed by atoms with van der Waals surface area (Å²) in [5, 5.41) is 4.35. The highest BCUT2D eigenvalue weighted by Crippen LogP contribution is 2.28. The molecule has 0 aliphatic carbocycles. The average molecular weight is 407 g/mol. The van der Waals surface area contributed by atoms with Crippen LogP contribution in [0.2, 0.25) is 0 Å². The van der Waals surface area contributed by atoms with Crippen molar-refractivity contribution < 1.29 is 27.4 Å². The van der Waals surface area contributed by atoms with Gasteiger partial charge >= 0.3 is 6.61 Å². The maximum absolute atomic E-state index is 12.9. The Morgan fingerprint density at radius 3 is 2.61 bits per heavy atom. The molecule has 8 heteroatoms. The summed E-state index contributed by atoms with van der Waals surface area (Å²) in [6, 6.07) is 11.8. The van der Waals surface area contributed by atoms with Crippen LogP contribution >= 0.6 is 11.3 Å². The topological polar surface area (TPSA) is 47.6 Å². The Morgan fingerprint density at radius 1 is 1.14 bits per heavy atom. The molecule has 0 unspecified atom stereocenters. The molecule has 0 atom stereocenters. The van der Waals surface area contributed by atoms with Crippen LogP contribution in [-0.4, -0.2) is 12.5 Å². The van der Waals surface area contributed by atoms with Crippen LogP contribution in [0.4, 0.5) is 18.9 Å². The van der Waals surface area contributed by atoms with Crippen molar-refractivity contribution in [1.82, 2.24) is 0 Å². The summed E-state index contributed by atoms with van der Waals surface area (Å²) >= 11 is 1.20. The van der Waals surface area contributed by atoms with Gasteiger partial charge in [-0.1, -0.05) is 6.07 Å². The van der Waals surface area contributed by atoms with Gasteiger partial charge in [-0.15, -0.1) is 11.3 Å². The Bertz CT molecular complexity index is 958. The first-order valence-electron chi connectivity index (χ1n) is 8.23. The quantitative estimate of drug-likeness (QED) is 0.552. The highest BCUT2D eigenvalue weighted by molar-refractivity contribution is 7.12. The summed E-state index contributed by atoms with van der Waals surface area (Å²) < 4.78 is 48.0. The Balaban J connectivity index is 1.66. The molecule has 0 saturated heterocycles. The second-order valence-electron chi connectivity index (χ2n) is 5.89. The zero-order valence-electron chi connectivity index (χ0n) is 14.7. The Labute approximate surface area is 163 Å². The molecule has 3 aromatic rings. The predicted octanol–water partition coefficient (Wildman–Crippen LogP) is 5.63. The van der Waals surface area contributed by atoms with Crippen LogP contribution in [0.15, 0.2) is 53.9 Å². The summed E-state index contributed by atoms with van der Waals surface area (Å²) in [5.41, 5.74) is 1.71. The molecular weight excluding hydrogens is 391 g/mol. The molecule has 2 aromatic carbocycles. The molecule has 28 heavy (non-hydrogen) atoms. The number of amides is 1. The van der Waals surface area contributed by atoms with Gasteiger partial charge in [0.05, 0.1) is 10.6 Å². The molecule has 0 spiro atoms. The molecule has 4 nitrogen and oxygen atoms in total. The van der Waals surface area contributed by atoms with Gasteiger partial charge in [-0.25, -0.2) is 4.39 Å². The highest BCUT2D eigenvalue weighted by Gasteiger charge is 2.15. The van der Waals surface area contributed by atoms with Crippen LogP contribution < -0.4 is 14.8 Å². The third kappa shape index (κ3) is 5.26. The number of alkyl halides is 2. The highest BCUT2D eigenvalue weighted by atomic mass is 32.1. The molecule has 0 bridgehead atoms. The lowest BCUT2D eigenvalue weighted by Crippen LogP contribution is -2.13. The van der Waals surface area contributed by atoms with Gasteiger partial charge in [-0.05, 0) is 60.3 Å². The fourth-order valence-electron chi connectivity index (χ4n) is 2.39. The van der Waals surface area contributed by atoms with E-state index in [2.05, 4.69) is 10.1 Å². The maximum atomic E-state index is 12.9. The summed E-state index contributed by atoms with van der Waals surface area (Å²) in [6.45, 7) is -1.01. The van der Waals surface area contributed by atoms with E-state index in [-0.39, 0.29) is 23.9 Å². The SMILES string of the molecule is Cc1ccc(OC(F)F)c(NC(=O)c2cc(COc3ccc(F)cc3)cs2)c1. The van der Waals surface area contributed by atoms with Gasteiger partial charge in [0.2, 0.25) is 0 Å². The molecule has 0 aliphatic heterocycles. The van der Waals surface area contributed by atoms with Gasteiger partial charge in [-0.2, -0.15) is 8.78 Å². The number of benzene rings is 2. The number of halogens is 3. The molecule has 146 valence electrons. The number of aryl methyl sites for hydroxylation is 1. The fourth-order valence-corrected chi connectivity index (χ4v) is 3.18. The zero-order chi connectivity index (χ0) is 20.1. The van der Waals surface area contributed by atoms with Crippen molar-refractivity contribution in [3.8, 4) is 11.5 Å². The van der Waals surface area contributed by atoms with Crippen molar-refractivity contribution in [2.24, 2.45) is 0 Å². The van der Waals surface area contributed by atoms with Crippen molar-refractivity contribution in [2.75, 3.05) is 5.32 Å². The van der Waals surface area contributed by atoms with Crippen LogP contribution in [0, 0.1) is 12.7 Å². The average Bonchev–Trinajstić information content (AvgIpc) is 3.12. The van der Waals surface area contributed by atoms with E-state index in [0.29, 0.717) is 10.6 Å². The number of nitrogens with one attached hydrogen (secondary N) is 1. The minimum atomic E-state index is -2.99. The van der Waals surface area contributed by atoms with E-state index in [0.717, 1.165) is 11.1 Å². The number of carbonyl (C=O) groups is 1. The lowest BCUT2D eigenvalue weighted by molar-refractivity contribution is -0.0493. The van der Waals surface area contributed by atoms with E-state index >= 15 is 0 Å². The van der Waals surface area contributed by atoms with Crippen LogP contribution in [0.25, 0.3) is 0 Å². The van der Waals surface area contributed by atoms with Crippen molar-refractivity contribution in [3.63, 3.8) is 0 Å². The summed E-state index contributed by atoms with van der Waals surface area (Å²) in [6.07, 6.45) is 0. The Hall–Kier alpha value is -3.00. The number of hydrogen-bond donors (Lipinski definition) is 1. The first-order chi connectivity index (χ1) is 13.4. The molecule has 1 N–H and O–H groups in total.